The Hall–Kier alpha value is -2.46. The second-order valence-electron chi connectivity index (χ2n) is 3.93. The summed E-state index contributed by atoms with van der Waals surface area (Å²) in [6.45, 7) is 0. The van der Waals surface area contributed by atoms with Crippen LogP contribution in [0.15, 0.2) is 47.6 Å². The van der Waals surface area contributed by atoms with Crippen molar-refractivity contribution in [3.05, 3.63) is 54.1 Å². The van der Waals surface area contributed by atoms with E-state index in [2.05, 4.69) is 4.98 Å². The van der Waals surface area contributed by atoms with E-state index in [1.165, 1.54) is 31.6 Å². The van der Waals surface area contributed by atoms with Gasteiger partial charge in [0.15, 0.2) is 0 Å². The second kappa shape index (κ2) is 5.27. The summed E-state index contributed by atoms with van der Waals surface area (Å²) in [5.41, 5.74) is 0.108. The van der Waals surface area contributed by atoms with Gasteiger partial charge in [-0.15, -0.1) is 0 Å². The number of hydrogen-bond donors (Lipinski definition) is 0. The fourth-order valence-electron chi connectivity index (χ4n) is 1.60. The molecule has 0 radical (unpaired) electrons. The van der Waals surface area contributed by atoms with E-state index in [0.29, 0.717) is 5.69 Å². The Morgan fingerprint density at radius 1 is 1.25 bits per heavy atom. The number of nitriles is 1. The molecule has 1 aromatic carbocycles. The first-order chi connectivity index (χ1) is 9.46. The van der Waals surface area contributed by atoms with E-state index >= 15 is 0 Å². The maximum absolute atomic E-state index is 13.2. The minimum atomic E-state index is -3.85. The van der Waals surface area contributed by atoms with Gasteiger partial charge in [0.05, 0.1) is 16.1 Å². The summed E-state index contributed by atoms with van der Waals surface area (Å²) in [7, 11) is -2.48. The lowest BCUT2D eigenvalue weighted by atomic mass is 10.2. The summed E-state index contributed by atoms with van der Waals surface area (Å²) >= 11 is 0. The molecule has 1 heterocycles. The normalized spacial score (nSPS) is 10.8. The van der Waals surface area contributed by atoms with Gasteiger partial charge < -0.3 is 0 Å². The van der Waals surface area contributed by atoms with Gasteiger partial charge in [0.25, 0.3) is 10.0 Å². The molecule has 0 unspecified atom stereocenters. The number of aromatic nitrogens is 1. The van der Waals surface area contributed by atoms with Crippen LogP contribution >= 0.6 is 0 Å². The Kier molecular flexibility index (Phi) is 3.68. The van der Waals surface area contributed by atoms with Gasteiger partial charge in [0, 0.05) is 19.4 Å². The average molecular weight is 291 g/mol. The Morgan fingerprint density at radius 3 is 2.50 bits per heavy atom. The number of rotatable bonds is 3. The van der Waals surface area contributed by atoms with Crippen LogP contribution in [0.5, 0.6) is 0 Å². The molecule has 0 spiro atoms. The van der Waals surface area contributed by atoms with Crippen molar-refractivity contribution in [2.45, 2.75) is 4.90 Å². The van der Waals surface area contributed by atoms with Gasteiger partial charge in [-0.25, -0.2) is 12.8 Å². The highest BCUT2D eigenvalue weighted by Crippen LogP contribution is 2.22. The Bertz CT molecular complexity index is 770. The Labute approximate surface area is 116 Å². The lowest BCUT2D eigenvalue weighted by Gasteiger charge is -2.19. The second-order valence-corrected chi connectivity index (χ2v) is 5.90. The van der Waals surface area contributed by atoms with Crippen LogP contribution < -0.4 is 4.31 Å². The van der Waals surface area contributed by atoms with Crippen molar-refractivity contribution < 1.29 is 12.8 Å². The molecule has 2 rings (SSSR count). The lowest BCUT2D eigenvalue weighted by molar-refractivity contribution is 0.592. The number of benzene rings is 1. The number of halogens is 1. The van der Waals surface area contributed by atoms with Crippen molar-refractivity contribution in [1.82, 2.24) is 4.98 Å². The average Bonchev–Trinajstić information content (AvgIpc) is 2.47. The molecular weight excluding hydrogens is 281 g/mol. The van der Waals surface area contributed by atoms with Gasteiger partial charge in [-0.05, 0) is 30.3 Å². The molecule has 102 valence electrons. The zero-order valence-corrected chi connectivity index (χ0v) is 11.3. The monoisotopic (exact) mass is 291 g/mol. The fraction of sp³-hybridized carbons (Fsp3) is 0.0769. The highest BCUT2D eigenvalue weighted by atomic mass is 32.2. The van der Waals surface area contributed by atoms with Gasteiger partial charge in [0.2, 0.25) is 0 Å². The van der Waals surface area contributed by atoms with Crippen LogP contribution in [0.2, 0.25) is 0 Å². The van der Waals surface area contributed by atoms with Crippen LogP contribution in [0.3, 0.4) is 0 Å². The lowest BCUT2D eigenvalue weighted by Crippen LogP contribution is -2.26. The SMILES string of the molecule is CN(c1ccncc1)S(=O)(=O)c1ccc(F)c(C#N)c1. The zero-order valence-electron chi connectivity index (χ0n) is 10.5. The molecule has 0 fully saturated rings. The van der Waals surface area contributed by atoms with Crippen molar-refractivity contribution in [3.8, 4) is 6.07 Å². The van der Waals surface area contributed by atoms with Crippen molar-refractivity contribution >= 4 is 15.7 Å². The molecule has 2 aromatic rings. The van der Waals surface area contributed by atoms with E-state index in [1.807, 2.05) is 0 Å². The molecule has 0 aliphatic heterocycles. The fourth-order valence-corrected chi connectivity index (χ4v) is 2.82. The number of hydrogen-bond acceptors (Lipinski definition) is 4. The van der Waals surface area contributed by atoms with Crippen molar-refractivity contribution in [1.29, 1.82) is 5.26 Å². The highest BCUT2D eigenvalue weighted by Gasteiger charge is 2.22. The van der Waals surface area contributed by atoms with Crippen LogP contribution in [-0.2, 0) is 10.0 Å². The number of sulfonamides is 1. The maximum atomic E-state index is 13.2. The summed E-state index contributed by atoms with van der Waals surface area (Å²) in [6, 6.07) is 7.79. The third-order valence-corrected chi connectivity index (χ3v) is 4.52. The Balaban J connectivity index is 2.49. The van der Waals surface area contributed by atoms with Crippen LogP contribution in [-0.4, -0.2) is 20.4 Å². The summed E-state index contributed by atoms with van der Waals surface area (Å²) in [5.74, 6) is -0.752. The maximum Gasteiger partial charge on any atom is 0.264 e. The molecule has 1 aromatic heterocycles. The molecule has 5 nitrogen and oxygen atoms in total. The van der Waals surface area contributed by atoms with Crippen LogP contribution in [0.4, 0.5) is 10.1 Å². The molecule has 7 heteroatoms. The molecule has 20 heavy (non-hydrogen) atoms. The number of pyridine rings is 1. The first kappa shape index (κ1) is 14.0. The molecule has 0 saturated carbocycles. The van der Waals surface area contributed by atoms with Gasteiger partial charge >= 0.3 is 0 Å². The van der Waals surface area contributed by atoms with E-state index in [-0.39, 0.29) is 10.5 Å². The van der Waals surface area contributed by atoms with E-state index in [0.717, 1.165) is 22.5 Å². The molecule has 0 aliphatic rings. The zero-order chi connectivity index (χ0) is 14.8. The topological polar surface area (TPSA) is 74.1 Å². The molecule has 0 amide bonds. The third-order valence-electron chi connectivity index (χ3n) is 2.74. The predicted octanol–water partition coefficient (Wildman–Crippen LogP) is 1.92. The van der Waals surface area contributed by atoms with Crippen molar-refractivity contribution in [2.75, 3.05) is 11.4 Å². The number of anilines is 1. The summed E-state index contributed by atoms with van der Waals surface area (Å²) < 4.78 is 39.1. The van der Waals surface area contributed by atoms with Gasteiger partial charge in [-0.3, -0.25) is 9.29 Å². The van der Waals surface area contributed by atoms with Crippen molar-refractivity contribution in [2.24, 2.45) is 0 Å². The van der Waals surface area contributed by atoms with Crippen LogP contribution in [0.25, 0.3) is 0 Å². The summed E-state index contributed by atoms with van der Waals surface area (Å²) in [6.07, 6.45) is 2.93. The van der Waals surface area contributed by atoms with Gasteiger partial charge in [-0.2, -0.15) is 5.26 Å². The first-order valence-electron chi connectivity index (χ1n) is 5.55. The molecular formula is C13H10FN3O2S. The molecule has 0 atom stereocenters. The van der Waals surface area contributed by atoms with E-state index in [1.54, 1.807) is 6.07 Å². The highest BCUT2D eigenvalue weighted by molar-refractivity contribution is 7.92. The molecule has 0 bridgehead atoms. The standard InChI is InChI=1S/C13H10FN3O2S/c1-17(11-4-6-16-7-5-11)20(18,19)12-2-3-13(14)10(8-12)9-15/h2-8H,1H3. The van der Waals surface area contributed by atoms with E-state index in [4.69, 9.17) is 5.26 Å². The van der Waals surface area contributed by atoms with Crippen LogP contribution in [0, 0.1) is 17.1 Å². The summed E-state index contributed by atoms with van der Waals surface area (Å²) in [5, 5.41) is 8.76. The minimum absolute atomic E-state index is 0.144. The molecule has 0 N–H and O–H groups in total. The Morgan fingerprint density at radius 2 is 1.90 bits per heavy atom. The summed E-state index contributed by atoms with van der Waals surface area (Å²) in [4.78, 5) is 3.66. The van der Waals surface area contributed by atoms with Gasteiger partial charge in [0.1, 0.15) is 11.9 Å². The largest absolute Gasteiger partial charge is 0.269 e. The van der Waals surface area contributed by atoms with Gasteiger partial charge in [-0.1, -0.05) is 0 Å². The predicted molar refractivity (Wildman–Crippen MR) is 70.9 cm³/mol. The van der Waals surface area contributed by atoms with Crippen molar-refractivity contribution in [3.63, 3.8) is 0 Å². The quantitative estimate of drug-likeness (QED) is 0.866. The van der Waals surface area contributed by atoms with Crippen LogP contribution in [0.1, 0.15) is 5.56 Å². The molecule has 0 aliphatic carbocycles. The smallest absolute Gasteiger partial charge is 0.264 e. The minimum Gasteiger partial charge on any atom is -0.269 e. The van der Waals surface area contributed by atoms with E-state index in [9.17, 15) is 12.8 Å². The third kappa shape index (κ3) is 2.46. The molecule has 0 saturated heterocycles. The first-order valence-corrected chi connectivity index (χ1v) is 6.99. The van der Waals surface area contributed by atoms with E-state index < -0.39 is 15.8 Å². The number of nitrogens with zero attached hydrogens (tertiary/aromatic N) is 3.